The van der Waals surface area contributed by atoms with Gasteiger partial charge in [0.2, 0.25) is 0 Å². The Hall–Kier alpha value is -11.8. The first-order chi connectivity index (χ1) is 56.2. The van der Waals surface area contributed by atoms with Crippen LogP contribution >= 0.6 is 77.2 Å². The molecule has 20 aromatic rings. The highest BCUT2D eigenvalue weighted by Crippen LogP contribution is 2.46. The number of nitrogens with zero attached hydrogens (tertiary/aromatic N) is 9. The van der Waals surface area contributed by atoms with E-state index in [0.717, 1.165) is 66.7 Å². The fraction of sp³-hybridized carbons (Fsp3) is 0.0619. The molecule has 0 saturated carbocycles. The number of rotatable bonds is 12. The van der Waals surface area contributed by atoms with Crippen LogP contribution in [0, 0.1) is 0 Å². The van der Waals surface area contributed by atoms with E-state index in [9.17, 15) is 0 Å². The first-order valence-corrected chi connectivity index (χ1v) is 42.4. The molecule has 552 valence electrons. The van der Waals surface area contributed by atoms with Crippen molar-refractivity contribution in [1.82, 2.24) is 44.9 Å². The lowest BCUT2D eigenvalue weighted by atomic mass is 9.78. The molecule has 18 heteroatoms. The van der Waals surface area contributed by atoms with Crippen LogP contribution in [0.25, 0.3) is 185 Å². The van der Waals surface area contributed by atoms with Crippen LogP contribution in [-0.4, -0.2) is 63.2 Å². The summed E-state index contributed by atoms with van der Waals surface area (Å²) in [6, 6.07) is 113. The molecule has 0 radical (unpaired) electrons. The first kappa shape index (κ1) is 73.4. The molecule has 0 unspecified atom stereocenters. The van der Waals surface area contributed by atoms with Crippen molar-refractivity contribution in [3.05, 3.63) is 335 Å². The van der Waals surface area contributed by atoms with Crippen molar-refractivity contribution in [3.8, 4) is 123 Å². The monoisotopic (exact) mass is 1690 g/mol. The summed E-state index contributed by atoms with van der Waals surface area (Å²) >= 11 is 14.4. The van der Waals surface area contributed by atoms with E-state index in [1.54, 1.807) is 22.7 Å². The van der Waals surface area contributed by atoms with Crippen LogP contribution in [0.1, 0.15) is 27.7 Å². The zero-order chi connectivity index (χ0) is 77.7. The number of hydrogen-bond donors (Lipinski definition) is 0. The highest BCUT2D eigenvalue weighted by atomic mass is 79.9. The topological polar surface area (TPSA) is 134 Å². The van der Waals surface area contributed by atoms with Crippen molar-refractivity contribution in [2.45, 2.75) is 38.9 Å². The van der Waals surface area contributed by atoms with Crippen LogP contribution in [0.2, 0.25) is 0 Å². The number of aromatic nitrogens is 9. The van der Waals surface area contributed by atoms with Gasteiger partial charge >= 0.3 is 7.12 Å². The molecule has 1 fully saturated rings. The third-order valence-corrected chi connectivity index (χ3v) is 26.7. The standard InChI is InChI=1S/C56H34N6S2.C27H26BN3O2.C14H6Br2S2/c1-5-15-35(16-6-1)51-57-52(36-17-7-2-8-18-36)60-55(59-51)43-25-13-23-39(31-43)47-33-41-27-29-46-45(49(41)63-47)30-28-42-34-48(64-50(42)46)40-24-14-26-44(32-40)56-61-53(37-19-9-3-10-20-37)58-54(62-56)38-21-11-4-12-22-38;1-26(2)27(3,4)33-28(32-26)22-17-11-16-21(18-22)25-30-23(19-12-7-5-8-13-19)29-24(31-25)20-14-9-6-10-15-20;15-11-5-7-1-3-9-10(13(7)17-11)4-2-8-6-12(16)18-14(8)9/h1-34H;5-18H,1-4H3;1-6H. The smallest absolute Gasteiger partial charge is 0.399 e. The molecule has 0 bridgehead atoms. The molecule has 21 rings (SSSR count). The highest BCUT2D eigenvalue weighted by molar-refractivity contribution is 9.11. The molecule has 0 N–H and O–H groups in total. The Kier molecular flexibility index (Phi) is 19.9. The molecule has 7 aromatic heterocycles. The Morgan fingerprint density at radius 3 is 0.765 bits per heavy atom. The van der Waals surface area contributed by atoms with Gasteiger partial charge < -0.3 is 9.31 Å². The van der Waals surface area contributed by atoms with Gasteiger partial charge in [-0.2, -0.15) is 0 Å². The molecule has 11 nitrogen and oxygen atoms in total. The van der Waals surface area contributed by atoms with Crippen LogP contribution in [0.3, 0.4) is 0 Å². The summed E-state index contributed by atoms with van der Waals surface area (Å²) < 4.78 is 20.2. The van der Waals surface area contributed by atoms with Gasteiger partial charge in [-0.25, -0.2) is 44.9 Å². The number of hydrogen-bond acceptors (Lipinski definition) is 15. The number of benzene rings is 13. The van der Waals surface area contributed by atoms with Gasteiger partial charge in [-0.05, 0) is 134 Å². The minimum Gasteiger partial charge on any atom is -0.399 e. The normalized spacial score (nSPS) is 13.0. The molecule has 1 saturated heterocycles. The number of halogens is 2. The SMILES string of the molecule is Brc1cc2ccc3c(ccc4cc(Br)sc43)c2s1.CC1(C)OB(c2cccc(-c3nc(-c4ccccc4)nc(-c4ccccc4)n3)c2)OC1(C)C.c1ccc(-c2nc(-c3ccccc3)nc(-c3cccc(-c4cc5ccc6c(ccc7cc(-c8cccc(-c9nc(-c%10ccccc%10)nc(-c%10ccccc%10)n9)c8)sc76)c5s4)c3)n2)cc1. The van der Waals surface area contributed by atoms with Crippen LogP contribution in [-0.2, 0) is 9.31 Å². The van der Waals surface area contributed by atoms with Gasteiger partial charge in [0.15, 0.2) is 52.4 Å². The molecule has 0 atom stereocenters. The molecule has 8 heterocycles. The summed E-state index contributed by atoms with van der Waals surface area (Å²) in [4.78, 5) is 46.6. The number of thiophene rings is 4. The van der Waals surface area contributed by atoms with Gasteiger partial charge in [0.1, 0.15) is 0 Å². The molecule has 1 aliphatic heterocycles. The summed E-state index contributed by atoms with van der Waals surface area (Å²) in [6.07, 6.45) is 0. The molecule has 13 aromatic carbocycles. The molecular formula is C97H66BBr2N9O2S4. The van der Waals surface area contributed by atoms with E-state index in [1.165, 1.54) is 79.2 Å². The Morgan fingerprint density at radius 1 is 0.235 bits per heavy atom. The Morgan fingerprint density at radius 2 is 0.470 bits per heavy atom. The van der Waals surface area contributed by atoms with Crippen LogP contribution in [0.5, 0.6) is 0 Å². The predicted molar refractivity (Wildman–Crippen MR) is 487 cm³/mol. The summed E-state index contributed by atoms with van der Waals surface area (Å²) in [5.41, 5.74) is 10.8. The second-order valence-electron chi connectivity index (χ2n) is 28.9. The molecule has 0 amide bonds. The van der Waals surface area contributed by atoms with Crippen molar-refractivity contribution in [2.75, 3.05) is 0 Å². The van der Waals surface area contributed by atoms with Crippen molar-refractivity contribution in [3.63, 3.8) is 0 Å². The van der Waals surface area contributed by atoms with E-state index in [1.807, 2.05) is 229 Å². The average molecular weight is 1690 g/mol. The van der Waals surface area contributed by atoms with E-state index in [4.69, 9.17) is 54.2 Å². The zero-order valence-electron chi connectivity index (χ0n) is 62.5. The van der Waals surface area contributed by atoms with Gasteiger partial charge in [0, 0.05) is 100 Å². The maximum Gasteiger partial charge on any atom is 0.494 e. The summed E-state index contributed by atoms with van der Waals surface area (Å²) in [6.45, 7) is 8.23. The second kappa shape index (κ2) is 31.2. The van der Waals surface area contributed by atoms with Gasteiger partial charge in [0.25, 0.3) is 0 Å². The average Bonchev–Trinajstić information content (AvgIpc) is 1.62. The van der Waals surface area contributed by atoms with Crippen molar-refractivity contribution >= 4 is 152 Å². The van der Waals surface area contributed by atoms with E-state index < -0.39 is 18.3 Å². The fourth-order valence-corrected chi connectivity index (χ4v) is 19.9. The van der Waals surface area contributed by atoms with Crippen molar-refractivity contribution in [1.29, 1.82) is 0 Å². The molecular weight excluding hydrogens is 1620 g/mol. The van der Waals surface area contributed by atoms with Gasteiger partial charge in [-0.15, -0.1) is 45.3 Å². The van der Waals surface area contributed by atoms with Crippen molar-refractivity contribution < 1.29 is 9.31 Å². The lowest BCUT2D eigenvalue weighted by molar-refractivity contribution is 0.00578. The molecule has 0 aliphatic carbocycles. The lowest BCUT2D eigenvalue weighted by Crippen LogP contribution is -2.41. The van der Waals surface area contributed by atoms with E-state index >= 15 is 0 Å². The Bertz CT molecular complexity index is 6530. The predicted octanol–water partition coefficient (Wildman–Crippen LogP) is 26.9. The molecule has 0 spiro atoms. The third kappa shape index (κ3) is 15.0. The second-order valence-corrected chi connectivity index (χ2v) is 35.9. The highest BCUT2D eigenvalue weighted by Gasteiger charge is 2.52. The maximum atomic E-state index is 6.25. The van der Waals surface area contributed by atoms with E-state index in [2.05, 4.69) is 181 Å². The quantitative estimate of drug-likeness (QED) is 0.108. The number of fused-ring (bicyclic) bond motifs is 10. The summed E-state index contributed by atoms with van der Waals surface area (Å²) in [5.74, 6) is 5.78. The van der Waals surface area contributed by atoms with Crippen LogP contribution in [0.4, 0.5) is 0 Å². The summed E-state index contributed by atoms with van der Waals surface area (Å²) in [7, 11) is -0.445. The maximum absolute atomic E-state index is 6.25. The molecule has 1 aliphatic rings. The minimum atomic E-state index is -0.445. The Labute approximate surface area is 697 Å². The zero-order valence-corrected chi connectivity index (χ0v) is 68.9. The Balaban J connectivity index is 0.000000142. The lowest BCUT2D eigenvalue weighted by Gasteiger charge is -2.32. The largest absolute Gasteiger partial charge is 0.494 e. The van der Waals surface area contributed by atoms with E-state index in [0.29, 0.717) is 52.4 Å². The molecule has 115 heavy (non-hydrogen) atoms. The minimum absolute atomic E-state index is 0.401. The third-order valence-electron chi connectivity index (χ3n) is 20.8. The van der Waals surface area contributed by atoms with Gasteiger partial charge in [-0.3, -0.25) is 0 Å². The first-order valence-electron chi connectivity index (χ1n) is 37.6. The van der Waals surface area contributed by atoms with E-state index in [-0.39, 0.29) is 0 Å². The fourth-order valence-electron chi connectivity index (χ4n) is 14.3. The summed E-state index contributed by atoms with van der Waals surface area (Å²) in [5, 5.41) is 10.3. The van der Waals surface area contributed by atoms with Crippen LogP contribution < -0.4 is 5.46 Å². The van der Waals surface area contributed by atoms with Gasteiger partial charge in [0.05, 0.1) is 18.8 Å². The van der Waals surface area contributed by atoms with Gasteiger partial charge in [-0.1, -0.05) is 291 Å². The van der Waals surface area contributed by atoms with Crippen LogP contribution in [0.15, 0.2) is 335 Å². The van der Waals surface area contributed by atoms with Crippen molar-refractivity contribution in [2.24, 2.45) is 0 Å².